The SMILES string of the molecule is Brc1ccc(-c2nccn2C2CCCC2)cc1. The van der Waals surface area contributed by atoms with Crippen molar-refractivity contribution in [1.29, 1.82) is 0 Å². The lowest BCUT2D eigenvalue weighted by Crippen LogP contribution is -2.05. The Balaban J connectivity index is 1.97. The van der Waals surface area contributed by atoms with Crippen LogP contribution < -0.4 is 0 Å². The van der Waals surface area contributed by atoms with Crippen LogP contribution in [0.25, 0.3) is 11.4 Å². The van der Waals surface area contributed by atoms with Gasteiger partial charge in [0.1, 0.15) is 5.82 Å². The van der Waals surface area contributed by atoms with Gasteiger partial charge in [-0.3, -0.25) is 0 Å². The van der Waals surface area contributed by atoms with Crippen molar-refractivity contribution in [3.63, 3.8) is 0 Å². The van der Waals surface area contributed by atoms with Crippen LogP contribution in [0.1, 0.15) is 31.7 Å². The van der Waals surface area contributed by atoms with E-state index in [9.17, 15) is 0 Å². The number of imidazole rings is 1. The third-order valence-electron chi connectivity index (χ3n) is 3.49. The van der Waals surface area contributed by atoms with Gasteiger partial charge in [-0.1, -0.05) is 40.9 Å². The predicted molar refractivity (Wildman–Crippen MR) is 72.9 cm³/mol. The van der Waals surface area contributed by atoms with Crippen LogP contribution in [0.2, 0.25) is 0 Å². The van der Waals surface area contributed by atoms with Gasteiger partial charge in [-0.25, -0.2) is 4.98 Å². The van der Waals surface area contributed by atoms with Crippen LogP contribution in [0.4, 0.5) is 0 Å². The lowest BCUT2D eigenvalue weighted by molar-refractivity contribution is 0.523. The molecule has 2 nitrogen and oxygen atoms in total. The first-order valence-electron chi connectivity index (χ1n) is 6.13. The second-order valence-corrected chi connectivity index (χ2v) is 5.52. The van der Waals surface area contributed by atoms with Gasteiger partial charge in [-0.2, -0.15) is 0 Å². The van der Waals surface area contributed by atoms with Gasteiger partial charge in [0.2, 0.25) is 0 Å². The Morgan fingerprint density at radius 1 is 1.12 bits per heavy atom. The smallest absolute Gasteiger partial charge is 0.140 e. The van der Waals surface area contributed by atoms with Gasteiger partial charge in [0, 0.05) is 28.5 Å². The molecule has 2 aromatic rings. The summed E-state index contributed by atoms with van der Waals surface area (Å²) in [5.41, 5.74) is 1.20. The summed E-state index contributed by atoms with van der Waals surface area (Å²) in [7, 11) is 0. The molecule has 0 aliphatic heterocycles. The van der Waals surface area contributed by atoms with Crippen molar-refractivity contribution in [2.75, 3.05) is 0 Å². The van der Waals surface area contributed by atoms with Crippen LogP contribution in [-0.2, 0) is 0 Å². The Bertz CT molecular complexity index is 495. The quantitative estimate of drug-likeness (QED) is 0.800. The maximum absolute atomic E-state index is 4.51. The molecule has 3 rings (SSSR count). The first-order valence-corrected chi connectivity index (χ1v) is 6.92. The minimum atomic E-state index is 0.649. The van der Waals surface area contributed by atoms with Gasteiger partial charge in [-0.15, -0.1) is 0 Å². The summed E-state index contributed by atoms with van der Waals surface area (Å²) in [5, 5.41) is 0. The van der Waals surface area contributed by atoms with Crippen molar-refractivity contribution in [3.05, 3.63) is 41.1 Å². The van der Waals surface area contributed by atoms with E-state index >= 15 is 0 Å². The van der Waals surface area contributed by atoms with Crippen molar-refractivity contribution in [3.8, 4) is 11.4 Å². The molecule has 0 radical (unpaired) electrons. The zero-order valence-electron chi connectivity index (χ0n) is 9.64. The Morgan fingerprint density at radius 2 is 1.82 bits per heavy atom. The van der Waals surface area contributed by atoms with E-state index in [0.29, 0.717) is 6.04 Å². The molecule has 88 valence electrons. The van der Waals surface area contributed by atoms with Gasteiger partial charge >= 0.3 is 0 Å². The number of rotatable bonds is 2. The number of aromatic nitrogens is 2. The van der Waals surface area contributed by atoms with Crippen molar-refractivity contribution < 1.29 is 0 Å². The van der Waals surface area contributed by atoms with Crippen LogP contribution in [0.5, 0.6) is 0 Å². The molecule has 0 spiro atoms. The van der Waals surface area contributed by atoms with Gasteiger partial charge in [0.05, 0.1) is 0 Å². The van der Waals surface area contributed by atoms with Gasteiger partial charge < -0.3 is 4.57 Å². The monoisotopic (exact) mass is 290 g/mol. The molecular formula is C14H15BrN2. The Morgan fingerprint density at radius 3 is 2.53 bits per heavy atom. The summed E-state index contributed by atoms with van der Waals surface area (Å²) < 4.78 is 3.45. The predicted octanol–water partition coefficient (Wildman–Crippen LogP) is 4.43. The molecule has 0 amide bonds. The summed E-state index contributed by atoms with van der Waals surface area (Å²) in [6.07, 6.45) is 9.31. The first kappa shape index (κ1) is 11.0. The fourth-order valence-corrected chi connectivity index (χ4v) is 2.88. The zero-order chi connectivity index (χ0) is 11.7. The fourth-order valence-electron chi connectivity index (χ4n) is 2.61. The molecule has 17 heavy (non-hydrogen) atoms. The molecule has 1 aromatic carbocycles. The molecule has 1 aliphatic rings. The van der Waals surface area contributed by atoms with Crippen molar-refractivity contribution in [1.82, 2.24) is 9.55 Å². The lowest BCUT2D eigenvalue weighted by Gasteiger charge is -2.14. The molecule has 0 N–H and O–H groups in total. The zero-order valence-corrected chi connectivity index (χ0v) is 11.2. The summed E-state index contributed by atoms with van der Waals surface area (Å²) in [6, 6.07) is 9.04. The summed E-state index contributed by atoms with van der Waals surface area (Å²) in [4.78, 5) is 4.51. The second-order valence-electron chi connectivity index (χ2n) is 4.60. The molecule has 0 saturated heterocycles. The molecule has 3 heteroatoms. The van der Waals surface area contributed by atoms with E-state index in [-0.39, 0.29) is 0 Å². The summed E-state index contributed by atoms with van der Waals surface area (Å²) >= 11 is 3.47. The lowest BCUT2D eigenvalue weighted by atomic mass is 10.2. The maximum atomic E-state index is 4.51. The highest BCUT2D eigenvalue weighted by molar-refractivity contribution is 9.10. The van der Waals surface area contributed by atoms with E-state index in [2.05, 4.69) is 55.9 Å². The van der Waals surface area contributed by atoms with Crippen LogP contribution in [0, 0.1) is 0 Å². The molecule has 0 unspecified atom stereocenters. The minimum absolute atomic E-state index is 0.649. The maximum Gasteiger partial charge on any atom is 0.140 e. The van der Waals surface area contributed by atoms with Gasteiger partial charge in [0.25, 0.3) is 0 Å². The number of hydrogen-bond donors (Lipinski definition) is 0. The normalized spacial score (nSPS) is 16.5. The number of hydrogen-bond acceptors (Lipinski definition) is 1. The highest BCUT2D eigenvalue weighted by Gasteiger charge is 2.19. The Kier molecular flexibility index (Phi) is 3.02. The number of halogens is 1. The largest absolute Gasteiger partial charge is 0.328 e. The molecule has 1 aliphatic carbocycles. The van der Waals surface area contributed by atoms with E-state index in [4.69, 9.17) is 0 Å². The molecule has 0 bridgehead atoms. The Hall–Kier alpha value is -1.09. The average molecular weight is 291 g/mol. The highest BCUT2D eigenvalue weighted by Crippen LogP contribution is 2.33. The minimum Gasteiger partial charge on any atom is -0.328 e. The van der Waals surface area contributed by atoms with E-state index in [0.717, 1.165) is 10.3 Å². The van der Waals surface area contributed by atoms with Gasteiger partial charge in [0.15, 0.2) is 0 Å². The third-order valence-corrected chi connectivity index (χ3v) is 4.02. The van der Waals surface area contributed by atoms with Crippen LogP contribution in [0.3, 0.4) is 0 Å². The van der Waals surface area contributed by atoms with Crippen LogP contribution >= 0.6 is 15.9 Å². The molecule has 1 aromatic heterocycles. The highest BCUT2D eigenvalue weighted by atomic mass is 79.9. The van der Waals surface area contributed by atoms with Gasteiger partial charge in [-0.05, 0) is 25.0 Å². The number of nitrogens with zero attached hydrogens (tertiary/aromatic N) is 2. The third kappa shape index (κ3) is 2.16. The molecular weight excluding hydrogens is 276 g/mol. The molecule has 1 fully saturated rings. The van der Waals surface area contributed by atoms with E-state index in [1.807, 2.05) is 6.20 Å². The number of benzene rings is 1. The van der Waals surface area contributed by atoms with Crippen molar-refractivity contribution in [2.45, 2.75) is 31.7 Å². The van der Waals surface area contributed by atoms with Crippen LogP contribution in [0.15, 0.2) is 41.1 Å². The van der Waals surface area contributed by atoms with Crippen LogP contribution in [-0.4, -0.2) is 9.55 Å². The summed E-state index contributed by atoms with van der Waals surface area (Å²) in [5.74, 6) is 1.10. The standard InChI is InChI=1S/C14H15BrN2/c15-12-7-5-11(6-8-12)14-16-9-10-17(14)13-3-1-2-4-13/h5-10,13H,1-4H2. The average Bonchev–Trinajstić information content (AvgIpc) is 3.00. The summed E-state index contributed by atoms with van der Waals surface area (Å²) in [6.45, 7) is 0. The molecule has 1 saturated carbocycles. The van der Waals surface area contributed by atoms with E-state index in [1.54, 1.807) is 0 Å². The Labute approximate surface area is 110 Å². The van der Waals surface area contributed by atoms with Crippen molar-refractivity contribution >= 4 is 15.9 Å². The van der Waals surface area contributed by atoms with Crippen molar-refractivity contribution in [2.24, 2.45) is 0 Å². The first-order chi connectivity index (χ1) is 8.34. The van der Waals surface area contributed by atoms with E-state index < -0.39 is 0 Å². The molecule has 0 atom stereocenters. The second kappa shape index (κ2) is 4.65. The fraction of sp³-hybridized carbons (Fsp3) is 0.357. The van der Waals surface area contributed by atoms with E-state index in [1.165, 1.54) is 31.2 Å². The topological polar surface area (TPSA) is 17.8 Å². The molecule has 1 heterocycles.